The Hall–Kier alpha value is -1.13. The smallest absolute Gasteiger partial charge is 0.274 e. The quantitative estimate of drug-likeness (QED) is 0.636. The van der Waals surface area contributed by atoms with Gasteiger partial charge in [0, 0.05) is 22.7 Å². The van der Waals surface area contributed by atoms with E-state index in [1.54, 1.807) is 12.1 Å². The van der Waals surface area contributed by atoms with Crippen molar-refractivity contribution in [3.05, 3.63) is 38.9 Å². The van der Waals surface area contributed by atoms with E-state index in [9.17, 15) is 10.1 Å². The van der Waals surface area contributed by atoms with E-state index >= 15 is 0 Å². The van der Waals surface area contributed by atoms with Gasteiger partial charge in [-0.15, -0.1) is 0 Å². The number of nitrogens with one attached hydrogen (secondary N) is 1. The average Bonchev–Trinajstić information content (AvgIpc) is 2.30. The standard InChI is InChI=1S/C13H19ClN2O2/c1-9(2)12(15-3)7-5-10-4-6-11(14)8-13(10)16(17)18/h4,6,8-9,12,15H,5,7H2,1-3H3. The fourth-order valence-electron chi connectivity index (χ4n) is 2.04. The largest absolute Gasteiger partial charge is 0.317 e. The minimum absolute atomic E-state index is 0.112. The number of rotatable bonds is 6. The van der Waals surface area contributed by atoms with Gasteiger partial charge in [0.05, 0.1) is 4.92 Å². The van der Waals surface area contributed by atoms with E-state index in [0.29, 0.717) is 23.4 Å². The van der Waals surface area contributed by atoms with Gasteiger partial charge in [-0.2, -0.15) is 0 Å². The third-order valence-electron chi connectivity index (χ3n) is 3.14. The third-order valence-corrected chi connectivity index (χ3v) is 3.38. The molecule has 4 nitrogen and oxygen atoms in total. The molecule has 1 aromatic rings. The SMILES string of the molecule is CNC(CCc1ccc(Cl)cc1[N+](=O)[O-])C(C)C. The molecule has 1 N–H and O–H groups in total. The van der Waals surface area contributed by atoms with Crippen molar-refractivity contribution in [1.29, 1.82) is 0 Å². The Kier molecular flexibility index (Phi) is 5.56. The van der Waals surface area contributed by atoms with Crippen LogP contribution in [0.15, 0.2) is 18.2 Å². The summed E-state index contributed by atoms with van der Waals surface area (Å²) in [5.41, 5.74) is 0.853. The van der Waals surface area contributed by atoms with Gasteiger partial charge in [0.15, 0.2) is 0 Å². The van der Waals surface area contributed by atoms with Crippen molar-refractivity contribution >= 4 is 17.3 Å². The van der Waals surface area contributed by atoms with Crippen LogP contribution < -0.4 is 5.32 Å². The summed E-state index contributed by atoms with van der Waals surface area (Å²) in [6, 6.07) is 5.22. The number of nitro benzene ring substituents is 1. The summed E-state index contributed by atoms with van der Waals surface area (Å²) in [6.45, 7) is 4.27. The van der Waals surface area contributed by atoms with Gasteiger partial charge in [-0.05, 0) is 31.9 Å². The molecule has 1 unspecified atom stereocenters. The van der Waals surface area contributed by atoms with Crippen LogP contribution in [0.3, 0.4) is 0 Å². The summed E-state index contributed by atoms with van der Waals surface area (Å²) in [5.74, 6) is 0.501. The average molecular weight is 271 g/mol. The van der Waals surface area contributed by atoms with Crippen LogP contribution in [0, 0.1) is 16.0 Å². The number of hydrogen-bond donors (Lipinski definition) is 1. The van der Waals surface area contributed by atoms with Crippen LogP contribution in [-0.2, 0) is 6.42 Å². The van der Waals surface area contributed by atoms with Crippen molar-refractivity contribution in [3.8, 4) is 0 Å². The molecule has 1 atom stereocenters. The molecule has 0 aliphatic heterocycles. The number of aryl methyl sites for hydroxylation is 1. The normalized spacial score (nSPS) is 12.7. The Morgan fingerprint density at radius 2 is 2.11 bits per heavy atom. The lowest BCUT2D eigenvalue weighted by atomic mass is 9.96. The first-order valence-electron chi connectivity index (χ1n) is 6.05. The van der Waals surface area contributed by atoms with Crippen LogP contribution in [0.2, 0.25) is 5.02 Å². The molecule has 100 valence electrons. The van der Waals surface area contributed by atoms with Gasteiger partial charge in [0.25, 0.3) is 5.69 Å². The fraction of sp³-hybridized carbons (Fsp3) is 0.538. The molecule has 1 aromatic carbocycles. The van der Waals surface area contributed by atoms with Gasteiger partial charge in [-0.1, -0.05) is 31.5 Å². The predicted octanol–water partition coefficient (Wildman–Crippen LogP) is 3.42. The first-order valence-corrected chi connectivity index (χ1v) is 6.43. The zero-order valence-electron chi connectivity index (χ0n) is 10.9. The first-order chi connectivity index (χ1) is 8.45. The van der Waals surface area contributed by atoms with Crippen LogP contribution in [0.5, 0.6) is 0 Å². The number of benzene rings is 1. The van der Waals surface area contributed by atoms with Gasteiger partial charge in [-0.3, -0.25) is 10.1 Å². The van der Waals surface area contributed by atoms with Crippen molar-refractivity contribution in [1.82, 2.24) is 5.32 Å². The molecule has 0 saturated heterocycles. The van der Waals surface area contributed by atoms with Gasteiger partial charge in [-0.25, -0.2) is 0 Å². The fourth-order valence-corrected chi connectivity index (χ4v) is 2.21. The Bertz CT molecular complexity index is 421. The van der Waals surface area contributed by atoms with Crippen molar-refractivity contribution in [2.24, 2.45) is 5.92 Å². The molecule has 5 heteroatoms. The van der Waals surface area contributed by atoms with Crippen LogP contribution in [0.1, 0.15) is 25.8 Å². The maximum Gasteiger partial charge on any atom is 0.274 e. The van der Waals surface area contributed by atoms with E-state index in [4.69, 9.17) is 11.6 Å². The Labute approximate surface area is 112 Å². The molecule has 0 spiro atoms. The minimum Gasteiger partial charge on any atom is -0.317 e. The molecule has 0 heterocycles. The van der Waals surface area contributed by atoms with Crippen LogP contribution in [0.4, 0.5) is 5.69 Å². The molecule has 0 radical (unpaired) electrons. The van der Waals surface area contributed by atoms with E-state index in [0.717, 1.165) is 12.0 Å². The summed E-state index contributed by atoms with van der Waals surface area (Å²) in [6.07, 6.45) is 1.55. The number of nitrogens with zero attached hydrogens (tertiary/aromatic N) is 1. The monoisotopic (exact) mass is 270 g/mol. The molecule has 0 bridgehead atoms. The molecule has 0 saturated carbocycles. The Balaban J connectivity index is 2.81. The molecule has 0 aliphatic rings. The van der Waals surface area contributed by atoms with Crippen molar-refractivity contribution in [2.75, 3.05) is 7.05 Å². The Morgan fingerprint density at radius 3 is 2.61 bits per heavy atom. The van der Waals surface area contributed by atoms with E-state index in [1.165, 1.54) is 6.07 Å². The van der Waals surface area contributed by atoms with Gasteiger partial charge < -0.3 is 5.32 Å². The molecule has 0 fully saturated rings. The lowest BCUT2D eigenvalue weighted by molar-refractivity contribution is -0.385. The van der Waals surface area contributed by atoms with Crippen LogP contribution in [0.25, 0.3) is 0 Å². The first kappa shape index (κ1) is 14.9. The topological polar surface area (TPSA) is 55.2 Å². The zero-order chi connectivity index (χ0) is 13.7. The van der Waals surface area contributed by atoms with Crippen molar-refractivity contribution < 1.29 is 4.92 Å². The van der Waals surface area contributed by atoms with Crippen molar-refractivity contribution in [2.45, 2.75) is 32.7 Å². The van der Waals surface area contributed by atoms with Gasteiger partial charge >= 0.3 is 0 Å². The molecule has 1 rings (SSSR count). The van der Waals surface area contributed by atoms with Gasteiger partial charge in [0.2, 0.25) is 0 Å². The number of halogens is 1. The summed E-state index contributed by atoms with van der Waals surface area (Å²) >= 11 is 5.78. The predicted molar refractivity (Wildman–Crippen MR) is 74.1 cm³/mol. The molecule has 0 aromatic heterocycles. The summed E-state index contributed by atoms with van der Waals surface area (Å²) in [5, 5.41) is 14.6. The van der Waals surface area contributed by atoms with Crippen LogP contribution >= 0.6 is 11.6 Å². The van der Waals surface area contributed by atoms with Crippen LogP contribution in [-0.4, -0.2) is 18.0 Å². The maximum absolute atomic E-state index is 11.0. The number of nitro groups is 1. The van der Waals surface area contributed by atoms with E-state index in [1.807, 2.05) is 7.05 Å². The van der Waals surface area contributed by atoms with E-state index < -0.39 is 0 Å². The minimum atomic E-state index is -0.370. The third kappa shape index (κ3) is 3.96. The highest BCUT2D eigenvalue weighted by Gasteiger charge is 2.17. The molecule has 0 amide bonds. The van der Waals surface area contributed by atoms with Crippen molar-refractivity contribution in [3.63, 3.8) is 0 Å². The Morgan fingerprint density at radius 1 is 1.44 bits per heavy atom. The summed E-state index contributed by atoms with van der Waals surface area (Å²) in [4.78, 5) is 10.6. The highest BCUT2D eigenvalue weighted by molar-refractivity contribution is 6.30. The zero-order valence-corrected chi connectivity index (χ0v) is 11.7. The van der Waals surface area contributed by atoms with E-state index in [2.05, 4.69) is 19.2 Å². The lowest BCUT2D eigenvalue weighted by Gasteiger charge is -2.19. The highest BCUT2D eigenvalue weighted by Crippen LogP contribution is 2.25. The maximum atomic E-state index is 11.0. The molecular weight excluding hydrogens is 252 g/mol. The molecular formula is C13H19ClN2O2. The highest BCUT2D eigenvalue weighted by atomic mass is 35.5. The van der Waals surface area contributed by atoms with E-state index in [-0.39, 0.29) is 10.6 Å². The van der Waals surface area contributed by atoms with Gasteiger partial charge in [0.1, 0.15) is 0 Å². The summed E-state index contributed by atoms with van der Waals surface area (Å²) < 4.78 is 0. The lowest BCUT2D eigenvalue weighted by Crippen LogP contribution is -2.31. The summed E-state index contributed by atoms with van der Waals surface area (Å²) in [7, 11) is 1.92. The second-order valence-electron chi connectivity index (χ2n) is 4.71. The number of hydrogen-bond acceptors (Lipinski definition) is 3. The molecule has 0 aliphatic carbocycles. The molecule has 18 heavy (non-hydrogen) atoms. The second-order valence-corrected chi connectivity index (χ2v) is 5.14. The second kappa shape index (κ2) is 6.71.